The molecule has 2 fully saturated rings. The number of alkyl halides is 3. The fraction of sp³-hybridized carbons (Fsp3) is 0.452. The van der Waals surface area contributed by atoms with Crippen LogP contribution >= 0.6 is 0 Å². The van der Waals surface area contributed by atoms with E-state index in [1.54, 1.807) is 48.6 Å². The van der Waals surface area contributed by atoms with Crippen molar-refractivity contribution >= 4 is 5.91 Å². The van der Waals surface area contributed by atoms with Gasteiger partial charge in [-0.15, -0.1) is 0 Å². The molecule has 1 aromatic heterocycles. The average Bonchev–Trinajstić information content (AvgIpc) is 3.59. The third-order valence-corrected chi connectivity index (χ3v) is 8.56. The normalized spacial score (nSPS) is 23.3. The average molecular weight is 566 g/mol. The number of carbonyl (C=O) groups excluding carboxylic acids is 1. The summed E-state index contributed by atoms with van der Waals surface area (Å²) in [7, 11) is 3.59. The molecule has 10 heteroatoms. The Labute approximate surface area is 237 Å². The molecule has 0 saturated carbocycles. The number of nitrogens with one attached hydrogen (secondary N) is 1. The van der Waals surface area contributed by atoms with Crippen LogP contribution in [0.5, 0.6) is 11.5 Å². The van der Waals surface area contributed by atoms with E-state index in [2.05, 4.69) is 16.4 Å². The molecule has 0 aliphatic carbocycles. The van der Waals surface area contributed by atoms with E-state index in [9.17, 15) is 23.2 Å². The predicted molar refractivity (Wildman–Crippen MR) is 147 cm³/mol. The number of rotatable bonds is 7. The summed E-state index contributed by atoms with van der Waals surface area (Å²) in [5.41, 5.74) is 0.933. The standard InChI is InChI=1S/C31H34F3N5O2/c1-38-16-4-3-11-29(28(38)40,13-14-31(32,33)34)23-7-5-8-25(17-23)41-26-18-24(10-9-22(26)19-35)30(12-6-15-37-30)27-20-36-21-39(27)2/h5,7-10,17-18,20-21,37H,3-4,6,11-16H2,1-2H3. The lowest BCUT2D eigenvalue weighted by molar-refractivity contribution is -0.146. The maximum absolute atomic E-state index is 13.6. The second-order valence-electron chi connectivity index (χ2n) is 11.2. The summed E-state index contributed by atoms with van der Waals surface area (Å²) in [4.78, 5) is 19.4. The minimum Gasteiger partial charge on any atom is -0.456 e. The van der Waals surface area contributed by atoms with Crippen LogP contribution in [0.2, 0.25) is 0 Å². The first-order valence-electron chi connectivity index (χ1n) is 14.0. The van der Waals surface area contributed by atoms with Crippen LogP contribution in [0.25, 0.3) is 0 Å². The molecule has 2 aliphatic rings. The number of amides is 1. The number of carbonyl (C=O) groups is 1. The number of nitriles is 1. The number of nitrogens with zero attached hydrogens (tertiary/aromatic N) is 4. The Morgan fingerprint density at radius 3 is 2.61 bits per heavy atom. The van der Waals surface area contributed by atoms with Crippen molar-refractivity contribution in [2.45, 2.75) is 62.1 Å². The molecule has 41 heavy (non-hydrogen) atoms. The van der Waals surface area contributed by atoms with Crippen molar-refractivity contribution < 1.29 is 22.7 Å². The van der Waals surface area contributed by atoms with Gasteiger partial charge < -0.3 is 19.5 Å². The van der Waals surface area contributed by atoms with Crippen molar-refractivity contribution in [3.8, 4) is 17.6 Å². The Morgan fingerprint density at radius 2 is 1.93 bits per heavy atom. The topological polar surface area (TPSA) is 83.2 Å². The van der Waals surface area contributed by atoms with Gasteiger partial charge in [-0.3, -0.25) is 4.79 Å². The molecule has 5 rings (SSSR count). The van der Waals surface area contributed by atoms with Crippen LogP contribution in [0, 0.1) is 11.3 Å². The Morgan fingerprint density at radius 1 is 1.10 bits per heavy atom. The maximum atomic E-state index is 13.6. The molecule has 2 atom stereocenters. The first kappa shape index (κ1) is 28.7. The van der Waals surface area contributed by atoms with Gasteiger partial charge in [-0.25, -0.2) is 4.98 Å². The number of benzene rings is 2. The lowest BCUT2D eigenvalue weighted by Gasteiger charge is -2.35. The molecule has 0 bridgehead atoms. The van der Waals surface area contributed by atoms with Crippen molar-refractivity contribution in [3.05, 3.63) is 77.4 Å². The number of aromatic nitrogens is 2. The van der Waals surface area contributed by atoms with E-state index < -0.39 is 23.6 Å². The van der Waals surface area contributed by atoms with Gasteiger partial charge in [0.25, 0.3) is 0 Å². The SMILES string of the molecule is CN1CCCCC(CCC(F)(F)F)(c2cccc(Oc3cc(C4(c5cncn5C)CCCN4)ccc3C#N)c2)C1=O. The number of ether oxygens (including phenoxy) is 1. The third-order valence-electron chi connectivity index (χ3n) is 8.56. The predicted octanol–water partition coefficient (Wildman–Crippen LogP) is 5.93. The first-order valence-corrected chi connectivity index (χ1v) is 14.0. The second kappa shape index (κ2) is 11.2. The van der Waals surface area contributed by atoms with E-state index >= 15 is 0 Å². The molecule has 1 amide bonds. The molecule has 2 aromatic carbocycles. The van der Waals surface area contributed by atoms with Gasteiger partial charge in [-0.1, -0.05) is 24.6 Å². The number of hydrogen-bond donors (Lipinski definition) is 1. The van der Waals surface area contributed by atoms with Crippen LogP contribution in [-0.2, 0) is 22.8 Å². The first-order chi connectivity index (χ1) is 19.6. The van der Waals surface area contributed by atoms with E-state index in [0.29, 0.717) is 42.0 Å². The highest BCUT2D eigenvalue weighted by atomic mass is 19.4. The van der Waals surface area contributed by atoms with Crippen LogP contribution in [0.1, 0.15) is 67.3 Å². The van der Waals surface area contributed by atoms with E-state index in [-0.39, 0.29) is 12.3 Å². The second-order valence-corrected chi connectivity index (χ2v) is 11.2. The zero-order valence-electron chi connectivity index (χ0n) is 23.3. The summed E-state index contributed by atoms with van der Waals surface area (Å²) in [6.45, 7) is 1.33. The van der Waals surface area contributed by atoms with Crippen molar-refractivity contribution in [1.82, 2.24) is 19.8 Å². The highest BCUT2D eigenvalue weighted by Gasteiger charge is 2.45. The van der Waals surface area contributed by atoms with Crippen molar-refractivity contribution in [2.75, 3.05) is 20.1 Å². The minimum atomic E-state index is -4.38. The monoisotopic (exact) mass is 565 g/mol. The van der Waals surface area contributed by atoms with Gasteiger partial charge in [0.1, 0.15) is 17.6 Å². The maximum Gasteiger partial charge on any atom is 0.389 e. The summed E-state index contributed by atoms with van der Waals surface area (Å²) in [6, 6.07) is 14.4. The van der Waals surface area contributed by atoms with Gasteiger partial charge >= 0.3 is 6.18 Å². The molecule has 3 heterocycles. The molecule has 216 valence electrons. The molecule has 2 saturated heterocycles. The van der Waals surface area contributed by atoms with E-state index in [1.165, 1.54) is 0 Å². The zero-order chi connectivity index (χ0) is 29.3. The van der Waals surface area contributed by atoms with Gasteiger partial charge in [0, 0.05) is 27.1 Å². The van der Waals surface area contributed by atoms with E-state index in [4.69, 9.17) is 4.74 Å². The fourth-order valence-corrected chi connectivity index (χ4v) is 6.42. The Hall–Kier alpha value is -3.84. The number of hydrogen-bond acceptors (Lipinski definition) is 5. The molecule has 2 unspecified atom stereocenters. The number of imidazole rings is 1. The quantitative estimate of drug-likeness (QED) is 0.384. The molecular formula is C31H34F3N5O2. The Kier molecular flexibility index (Phi) is 7.84. The van der Waals surface area contributed by atoms with Crippen LogP contribution < -0.4 is 10.1 Å². The van der Waals surface area contributed by atoms with E-state index in [1.807, 2.05) is 29.9 Å². The van der Waals surface area contributed by atoms with Gasteiger partial charge in [0.05, 0.1) is 34.7 Å². The lowest BCUT2D eigenvalue weighted by Crippen LogP contribution is -2.44. The molecule has 7 nitrogen and oxygen atoms in total. The van der Waals surface area contributed by atoms with Crippen molar-refractivity contribution in [2.24, 2.45) is 7.05 Å². The summed E-state index contributed by atoms with van der Waals surface area (Å²) >= 11 is 0. The smallest absolute Gasteiger partial charge is 0.389 e. The van der Waals surface area contributed by atoms with Crippen molar-refractivity contribution in [1.29, 1.82) is 5.26 Å². The third kappa shape index (κ3) is 5.55. The molecule has 3 aromatic rings. The van der Waals surface area contributed by atoms with Gasteiger partial charge in [0.2, 0.25) is 5.91 Å². The minimum absolute atomic E-state index is 0.304. The molecular weight excluding hydrogens is 531 g/mol. The lowest BCUT2D eigenvalue weighted by atomic mass is 9.72. The summed E-state index contributed by atoms with van der Waals surface area (Å²) in [5.74, 6) is 0.392. The Bertz CT molecular complexity index is 1450. The van der Waals surface area contributed by atoms with Crippen LogP contribution in [-0.4, -0.2) is 46.7 Å². The fourth-order valence-electron chi connectivity index (χ4n) is 6.42. The summed E-state index contributed by atoms with van der Waals surface area (Å²) in [6.07, 6.45) is 1.32. The number of halogens is 3. The van der Waals surface area contributed by atoms with Gasteiger partial charge in [-0.05, 0) is 74.0 Å². The number of aryl methyl sites for hydroxylation is 1. The molecule has 2 aliphatic heterocycles. The van der Waals surface area contributed by atoms with Gasteiger partial charge in [0.15, 0.2) is 0 Å². The summed E-state index contributed by atoms with van der Waals surface area (Å²) < 4.78 is 48.5. The highest BCUT2D eigenvalue weighted by molar-refractivity contribution is 5.88. The van der Waals surface area contributed by atoms with Crippen molar-refractivity contribution in [3.63, 3.8) is 0 Å². The molecule has 0 radical (unpaired) electrons. The van der Waals surface area contributed by atoms with Crippen LogP contribution in [0.4, 0.5) is 13.2 Å². The zero-order valence-corrected chi connectivity index (χ0v) is 23.3. The molecule has 1 N–H and O–H groups in total. The largest absolute Gasteiger partial charge is 0.456 e. The highest BCUT2D eigenvalue weighted by Crippen LogP contribution is 2.43. The van der Waals surface area contributed by atoms with Crippen LogP contribution in [0.3, 0.4) is 0 Å². The van der Waals surface area contributed by atoms with Crippen LogP contribution in [0.15, 0.2) is 55.0 Å². The number of likely N-dealkylation sites (tertiary alicyclic amines) is 1. The number of likely N-dealkylation sites (N-methyl/N-ethyl adjacent to an activating group) is 1. The Balaban J connectivity index is 1.53. The summed E-state index contributed by atoms with van der Waals surface area (Å²) in [5, 5.41) is 13.5. The van der Waals surface area contributed by atoms with Gasteiger partial charge in [-0.2, -0.15) is 18.4 Å². The van der Waals surface area contributed by atoms with E-state index in [0.717, 1.165) is 37.1 Å². The molecule has 0 spiro atoms.